The summed E-state index contributed by atoms with van der Waals surface area (Å²) in [5.74, 6) is 0.447. The Kier molecular flexibility index (Phi) is 6.23. The Balaban J connectivity index is 2.53. The van der Waals surface area contributed by atoms with Gasteiger partial charge in [0.2, 0.25) is 0 Å². The maximum Gasteiger partial charge on any atom is 0.168 e. The van der Waals surface area contributed by atoms with Crippen molar-refractivity contribution >= 4 is 15.9 Å². The van der Waals surface area contributed by atoms with E-state index in [0.29, 0.717) is 24.7 Å². The molecule has 0 saturated carbocycles. The van der Waals surface area contributed by atoms with E-state index in [0.717, 1.165) is 18.2 Å². The summed E-state index contributed by atoms with van der Waals surface area (Å²) >= 11 is 3.24. The normalized spacial score (nSPS) is 10.2. The largest absolute Gasteiger partial charge is 0.493 e. The average molecular weight is 291 g/mol. The molecule has 0 N–H and O–H groups in total. The molecule has 0 spiro atoms. The molecule has 16 heavy (non-hydrogen) atoms. The van der Waals surface area contributed by atoms with Crippen molar-refractivity contribution in [2.75, 3.05) is 18.5 Å². The maximum absolute atomic E-state index is 13.5. The lowest BCUT2D eigenvalue weighted by Crippen LogP contribution is -2.01. The van der Waals surface area contributed by atoms with Crippen LogP contribution < -0.4 is 9.47 Å². The van der Waals surface area contributed by atoms with Gasteiger partial charge in [-0.1, -0.05) is 29.3 Å². The Bertz CT molecular complexity index is 318. The van der Waals surface area contributed by atoms with Gasteiger partial charge in [-0.25, -0.2) is 4.39 Å². The van der Waals surface area contributed by atoms with E-state index in [9.17, 15) is 4.39 Å². The monoisotopic (exact) mass is 290 g/mol. The van der Waals surface area contributed by atoms with Gasteiger partial charge in [0.25, 0.3) is 0 Å². The van der Waals surface area contributed by atoms with Gasteiger partial charge in [0.15, 0.2) is 11.6 Å². The van der Waals surface area contributed by atoms with Gasteiger partial charge in [-0.15, -0.1) is 0 Å². The van der Waals surface area contributed by atoms with Gasteiger partial charge in [0.05, 0.1) is 13.2 Å². The third-order valence-electron chi connectivity index (χ3n) is 2.00. The molecule has 0 unspecified atom stereocenters. The van der Waals surface area contributed by atoms with Crippen molar-refractivity contribution in [1.29, 1.82) is 0 Å². The number of alkyl halides is 1. The Labute approximate surface area is 104 Å². The topological polar surface area (TPSA) is 18.5 Å². The first kappa shape index (κ1) is 13.3. The molecule has 0 radical (unpaired) electrons. The molecule has 90 valence electrons. The summed E-state index contributed by atoms with van der Waals surface area (Å²) in [4.78, 5) is 0. The zero-order chi connectivity index (χ0) is 11.8. The lowest BCUT2D eigenvalue weighted by atomic mass is 10.3. The lowest BCUT2D eigenvalue weighted by Gasteiger charge is -2.08. The van der Waals surface area contributed by atoms with Gasteiger partial charge in [-0.3, -0.25) is 0 Å². The predicted molar refractivity (Wildman–Crippen MR) is 66.1 cm³/mol. The summed E-state index contributed by atoms with van der Waals surface area (Å²) in [5, 5.41) is 0.726. The highest BCUT2D eigenvalue weighted by atomic mass is 79.9. The van der Waals surface area contributed by atoms with Crippen LogP contribution in [0.4, 0.5) is 4.39 Å². The van der Waals surface area contributed by atoms with Crippen LogP contribution in [0.25, 0.3) is 0 Å². The molecule has 0 aromatic heterocycles. The summed E-state index contributed by atoms with van der Waals surface area (Å²) in [6.45, 7) is 3.14. The van der Waals surface area contributed by atoms with Gasteiger partial charge in [0, 0.05) is 11.4 Å². The third-order valence-corrected chi connectivity index (χ3v) is 2.33. The van der Waals surface area contributed by atoms with E-state index in [2.05, 4.69) is 22.9 Å². The van der Waals surface area contributed by atoms with Crippen LogP contribution in [0.2, 0.25) is 0 Å². The Morgan fingerprint density at radius 1 is 1.25 bits per heavy atom. The number of benzene rings is 1. The van der Waals surface area contributed by atoms with Crippen LogP contribution >= 0.6 is 15.9 Å². The summed E-state index contributed by atoms with van der Waals surface area (Å²) in [6, 6.07) is 4.67. The first-order chi connectivity index (χ1) is 7.77. The van der Waals surface area contributed by atoms with E-state index in [1.807, 2.05) is 0 Å². The highest BCUT2D eigenvalue weighted by Gasteiger charge is 2.05. The fraction of sp³-hybridized carbons (Fsp3) is 0.500. The molecule has 0 aliphatic heterocycles. The summed E-state index contributed by atoms with van der Waals surface area (Å²) in [5.41, 5.74) is 0. The van der Waals surface area contributed by atoms with Crippen LogP contribution in [0, 0.1) is 5.82 Å². The summed E-state index contributed by atoms with van der Waals surface area (Å²) < 4.78 is 24.1. The summed E-state index contributed by atoms with van der Waals surface area (Å²) in [6.07, 6.45) is 1.97. The molecule has 0 aliphatic rings. The molecule has 0 atom stereocenters. The SMILES string of the molecule is CCCCOc1ccc(OCCBr)cc1F. The van der Waals surface area contributed by atoms with E-state index >= 15 is 0 Å². The molecule has 4 heteroatoms. The highest BCUT2D eigenvalue weighted by Crippen LogP contribution is 2.22. The molecule has 0 amide bonds. The first-order valence-corrected chi connectivity index (χ1v) is 6.51. The van der Waals surface area contributed by atoms with E-state index in [1.165, 1.54) is 6.07 Å². The van der Waals surface area contributed by atoms with Crippen LogP contribution in [0.5, 0.6) is 11.5 Å². The van der Waals surface area contributed by atoms with Crippen molar-refractivity contribution in [3.8, 4) is 11.5 Å². The smallest absolute Gasteiger partial charge is 0.168 e. The second-order valence-corrected chi connectivity index (χ2v) is 4.12. The molecule has 1 aromatic carbocycles. The fourth-order valence-corrected chi connectivity index (χ4v) is 1.33. The first-order valence-electron chi connectivity index (χ1n) is 5.39. The zero-order valence-corrected chi connectivity index (χ0v) is 10.9. The molecular formula is C12H16BrFO2. The van der Waals surface area contributed by atoms with Gasteiger partial charge < -0.3 is 9.47 Å². The second kappa shape index (κ2) is 7.49. The Morgan fingerprint density at radius 3 is 2.69 bits per heavy atom. The fourth-order valence-electron chi connectivity index (χ4n) is 1.17. The maximum atomic E-state index is 13.5. The van der Waals surface area contributed by atoms with Crippen LogP contribution in [-0.2, 0) is 0 Å². The van der Waals surface area contributed by atoms with Crippen molar-refractivity contribution in [1.82, 2.24) is 0 Å². The molecule has 2 nitrogen and oxygen atoms in total. The zero-order valence-electron chi connectivity index (χ0n) is 9.34. The molecule has 0 heterocycles. The van der Waals surface area contributed by atoms with Crippen LogP contribution in [0.15, 0.2) is 18.2 Å². The van der Waals surface area contributed by atoms with Gasteiger partial charge in [-0.05, 0) is 18.6 Å². The van der Waals surface area contributed by atoms with Crippen LogP contribution in [-0.4, -0.2) is 18.5 Å². The number of hydrogen-bond acceptors (Lipinski definition) is 2. The minimum Gasteiger partial charge on any atom is -0.493 e. The van der Waals surface area contributed by atoms with Crippen LogP contribution in [0.1, 0.15) is 19.8 Å². The van der Waals surface area contributed by atoms with Crippen LogP contribution in [0.3, 0.4) is 0 Å². The van der Waals surface area contributed by atoms with Crippen molar-refractivity contribution < 1.29 is 13.9 Å². The number of unbranched alkanes of at least 4 members (excludes halogenated alkanes) is 1. The van der Waals surface area contributed by atoms with Crippen molar-refractivity contribution in [3.63, 3.8) is 0 Å². The van der Waals surface area contributed by atoms with E-state index in [-0.39, 0.29) is 5.82 Å². The molecule has 0 saturated heterocycles. The highest BCUT2D eigenvalue weighted by molar-refractivity contribution is 9.09. The number of hydrogen-bond donors (Lipinski definition) is 0. The van der Waals surface area contributed by atoms with Gasteiger partial charge in [0.1, 0.15) is 5.75 Å². The molecule has 1 aromatic rings. The minimum absolute atomic E-state index is 0.291. The number of rotatable bonds is 7. The Morgan fingerprint density at radius 2 is 2.06 bits per heavy atom. The van der Waals surface area contributed by atoms with Gasteiger partial charge in [-0.2, -0.15) is 0 Å². The quantitative estimate of drug-likeness (QED) is 0.562. The molecule has 1 rings (SSSR count). The van der Waals surface area contributed by atoms with Gasteiger partial charge >= 0.3 is 0 Å². The predicted octanol–water partition coefficient (Wildman–Crippen LogP) is 3.78. The van der Waals surface area contributed by atoms with E-state index in [4.69, 9.17) is 9.47 Å². The Hall–Kier alpha value is -0.770. The minimum atomic E-state index is -0.372. The molecule has 0 bridgehead atoms. The van der Waals surface area contributed by atoms with E-state index < -0.39 is 0 Å². The molecule has 0 fully saturated rings. The van der Waals surface area contributed by atoms with E-state index in [1.54, 1.807) is 12.1 Å². The van der Waals surface area contributed by atoms with Crippen molar-refractivity contribution in [2.45, 2.75) is 19.8 Å². The van der Waals surface area contributed by atoms with Crippen molar-refractivity contribution in [3.05, 3.63) is 24.0 Å². The molecular weight excluding hydrogens is 275 g/mol. The lowest BCUT2D eigenvalue weighted by molar-refractivity contribution is 0.291. The second-order valence-electron chi connectivity index (χ2n) is 3.33. The summed E-state index contributed by atoms with van der Waals surface area (Å²) in [7, 11) is 0. The number of ether oxygens (including phenoxy) is 2. The molecule has 0 aliphatic carbocycles. The standard InChI is InChI=1S/C12H16BrFO2/c1-2-3-7-16-12-5-4-10(9-11(12)14)15-8-6-13/h4-5,9H,2-3,6-8H2,1H3. The van der Waals surface area contributed by atoms with Crippen molar-refractivity contribution in [2.24, 2.45) is 0 Å². The third kappa shape index (κ3) is 4.39. The average Bonchev–Trinajstić information content (AvgIpc) is 2.29. The number of halogens is 2.